The van der Waals surface area contributed by atoms with E-state index in [9.17, 15) is 0 Å². The van der Waals surface area contributed by atoms with Crippen molar-refractivity contribution >= 4 is 12.4 Å². The SMILES string of the molecule is COc1cccc(-c2ccc(COC3CN4CCC3CC4)cc2)c1.Cl. The quantitative estimate of drug-likeness (QED) is 0.790. The zero-order chi connectivity index (χ0) is 16.4. The molecule has 0 saturated carbocycles. The average Bonchev–Trinajstić information content (AvgIpc) is 2.68. The van der Waals surface area contributed by atoms with Crippen LogP contribution in [0.3, 0.4) is 0 Å². The van der Waals surface area contributed by atoms with Crippen molar-refractivity contribution in [2.24, 2.45) is 5.92 Å². The lowest BCUT2D eigenvalue weighted by Crippen LogP contribution is -2.51. The number of nitrogens with zero attached hydrogens (tertiary/aromatic N) is 1. The first-order valence-electron chi connectivity index (χ1n) is 8.89. The lowest BCUT2D eigenvalue weighted by Gasteiger charge is -2.44. The van der Waals surface area contributed by atoms with Crippen LogP contribution in [0.4, 0.5) is 0 Å². The molecule has 0 aliphatic carbocycles. The Hall–Kier alpha value is -1.55. The molecule has 3 saturated heterocycles. The Morgan fingerprint density at radius 1 is 1.00 bits per heavy atom. The Labute approximate surface area is 156 Å². The third-order valence-corrected chi connectivity index (χ3v) is 5.42. The van der Waals surface area contributed by atoms with E-state index in [1.165, 1.54) is 42.6 Å². The van der Waals surface area contributed by atoms with Crippen LogP contribution in [0.25, 0.3) is 11.1 Å². The molecule has 0 N–H and O–H groups in total. The van der Waals surface area contributed by atoms with Crippen LogP contribution in [-0.2, 0) is 11.3 Å². The molecular weight excluding hydrogens is 334 g/mol. The van der Waals surface area contributed by atoms with Gasteiger partial charge in [-0.3, -0.25) is 0 Å². The summed E-state index contributed by atoms with van der Waals surface area (Å²) in [6.07, 6.45) is 3.03. The van der Waals surface area contributed by atoms with E-state index < -0.39 is 0 Å². The molecule has 3 fully saturated rings. The Morgan fingerprint density at radius 3 is 2.40 bits per heavy atom. The van der Waals surface area contributed by atoms with Crippen molar-refractivity contribution in [3.8, 4) is 16.9 Å². The molecule has 2 aromatic rings. The van der Waals surface area contributed by atoms with Crippen LogP contribution >= 0.6 is 12.4 Å². The summed E-state index contributed by atoms with van der Waals surface area (Å²) in [7, 11) is 1.70. The van der Waals surface area contributed by atoms with Crippen molar-refractivity contribution in [3.63, 3.8) is 0 Å². The molecule has 2 bridgehead atoms. The van der Waals surface area contributed by atoms with Crippen molar-refractivity contribution in [2.75, 3.05) is 26.7 Å². The largest absolute Gasteiger partial charge is 0.497 e. The molecule has 1 unspecified atom stereocenters. The number of benzene rings is 2. The number of hydrogen-bond donors (Lipinski definition) is 0. The van der Waals surface area contributed by atoms with E-state index in [0.29, 0.717) is 12.7 Å². The molecule has 0 spiro atoms. The molecular formula is C21H26ClNO2. The Kier molecular flexibility index (Phi) is 6.00. The highest BCUT2D eigenvalue weighted by Gasteiger charge is 2.34. The lowest BCUT2D eigenvalue weighted by atomic mass is 9.86. The van der Waals surface area contributed by atoms with Gasteiger partial charge in [-0.15, -0.1) is 12.4 Å². The first-order chi connectivity index (χ1) is 11.8. The predicted octanol–water partition coefficient (Wildman–Crippen LogP) is 4.39. The zero-order valence-corrected chi connectivity index (χ0v) is 15.5. The second kappa shape index (κ2) is 8.22. The highest BCUT2D eigenvalue weighted by Crippen LogP contribution is 2.30. The zero-order valence-electron chi connectivity index (χ0n) is 14.7. The number of hydrogen-bond acceptors (Lipinski definition) is 3. The maximum Gasteiger partial charge on any atom is 0.119 e. The van der Waals surface area contributed by atoms with Crippen molar-refractivity contribution in [3.05, 3.63) is 54.1 Å². The highest BCUT2D eigenvalue weighted by molar-refractivity contribution is 5.85. The Morgan fingerprint density at radius 2 is 1.76 bits per heavy atom. The van der Waals surface area contributed by atoms with Crippen LogP contribution in [0.1, 0.15) is 18.4 Å². The van der Waals surface area contributed by atoms with E-state index in [2.05, 4.69) is 41.3 Å². The third kappa shape index (κ3) is 4.17. The van der Waals surface area contributed by atoms with Gasteiger partial charge in [0.05, 0.1) is 19.8 Å². The van der Waals surface area contributed by atoms with Gasteiger partial charge in [0.2, 0.25) is 0 Å². The van der Waals surface area contributed by atoms with Crippen LogP contribution in [0.5, 0.6) is 5.75 Å². The van der Waals surface area contributed by atoms with Crippen LogP contribution < -0.4 is 4.74 Å². The van der Waals surface area contributed by atoms with Gasteiger partial charge >= 0.3 is 0 Å². The molecule has 3 nitrogen and oxygen atoms in total. The number of fused-ring (bicyclic) bond motifs is 3. The molecule has 3 heterocycles. The molecule has 25 heavy (non-hydrogen) atoms. The van der Waals surface area contributed by atoms with Gasteiger partial charge in [0.1, 0.15) is 5.75 Å². The molecule has 1 atom stereocenters. The number of halogens is 1. The summed E-state index contributed by atoms with van der Waals surface area (Å²) in [5.74, 6) is 1.66. The molecule has 134 valence electrons. The first-order valence-corrected chi connectivity index (χ1v) is 8.89. The number of methoxy groups -OCH3 is 1. The van der Waals surface area contributed by atoms with Crippen molar-refractivity contribution in [1.29, 1.82) is 0 Å². The summed E-state index contributed by atoms with van der Waals surface area (Å²) in [6, 6.07) is 16.9. The minimum atomic E-state index is 0. The third-order valence-electron chi connectivity index (χ3n) is 5.42. The van der Waals surface area contributed by atoms with Gasteiger partial charge < -0.3 is 14.4 Å². The van der Waals surface area contributed by atoms with E-state index in [0.717, 1.165) is 18.2 Å². The smallest absolute Gasteiger partial charge is 0.119 e. The van der Waals surface area contributed by atoms with Crippen LogP contribution in [0.15, 0.2) is 48.5 Å². The van der Waals surface area contributed by atoms with E-state index in [1.54, 1.807) is 7.11 Å². The number of ether oxygens (including phenoxy) is 2. The highest BCUT2D eigenvalue weighted by atomic mass is 35.5. The summed E-state index contributed by atoms with van der Waals surface area (Å²) >= 11 is 0. The molecule has 0 amide bonds. The van der Waals surface area contributed by atoms with Gasteiger partial charge in [-0.05, 0) is 60.7 Å². The summed E-state index contributed by atoms with van der Waals surface area (Å²) in [4.78, 5) is 2.54. The fourth-order valence-electron chi connectivity index (χ4n) is 3.90. The molecule has 0 aromatic heterocycles. The number of piperidine rings is 3. The van der Waals surface area contributed by atoms with Crippen molar-refractivity contribution in [2.45, 2.75) is 25.6 Å². The first kappa shape index (κ1) is 18.2. The maximum atomic E-state index is 6.22. The second-order valence-electron chi connectivity index (χ2n) is 6.92. The van der Waals surface area contributed by atoms with Crippen molar-refractivity contribution in [1.82, 2.24) is 4.90 Å². The predicted molar refractivity (Wildman–Crippen MR) is 103 cm³/mol. The molecule has 4 heteroatoms. The summed E-state index contributed by atoms with van der Waals surface area (Å²) in [5.41, 5.74) is 3.64. The van der Waals surface area contributed by atoms with Crippen LogP contribution in [0.2, 0.25) is 0 Å². The Balaban J connectivity index is 0.00000182. The van der Waals surface area contributed by atoms with Gasteiger partial charge in [0.15, 0.2) is 0 Å². The van der Waals surface area contributed by atoms with Crippen molar-refractivity contribution < 1.29 is 9.47 Å². The van der Waals surface area contributed by atoms with Gasteiger partial charge in [0, 0.05) is 6.54 Å². The number of rotatable bonds is 5. The van der Waals surface area contributed by atoms with E-state index in [-0.39, 0.29) is 12.4 Å². The minimum absolute atomic E-state index is 0. The van der Waals surface area contributed by atoms with Gasteiger partial charge in [0.25, 0.3) is 0 Å². The standard InChI is InChI=1S/C21H25NO2.ClH/c1-23-20-4-2-3-19(13-20)17-7-5-16(6-8-17)15-24-21-14-22-11-9-18(21)10-12-22;/h2-8,13,18,21H,9-12,14-15H2,1H3;1H. The molecule has 2 aromatic carbocycles. The summed E-state index contributed by atoms with van der Waals surface area (Å²) in [5, 5.41) is 0. The van der Waals surface area contributed by atoms with Crippen LogP contribution in [-0.4, -0.2) is 37.7 Å². The topological polar surface area (TPSA) is 21.7 Å². The van der Waals surface area contributed by atoms with Gasteiger partial charge in [-0.25, -0.2) is 0 Å². The van der Waals surface area contributed by atoms with E-state index in [4.69, 9.17) is 9.47 Å². The van der Waals surface area contributed by atoms with E-state index >= 15 is 0 Å². The normalized spacial score (nSPS) is 24.6. The van der Waals surface area contributed by atoms with E-state index in [1.807, 2.05) is 12.1 Å². The van der Waals surface area contributed by atoms with Gasteiger partial charge in [-0.1, -0.05) is 36.4 Å². The summed E-state index contributed by atoms with van der Waals surface area (Å²) < 4.78 is 11.5. The Bertz CT molecular complexity index is 681. The lowest BCUT2D eigenvalue weighted by molar-refractivity contribution is -0.0765. The fourth-order valence-corrected chi connectivity index (χ4v) is 3.90. The minimum Gasteiger partial charge on any atom is -0.497 e. The second-order valence-corrected chi connectivity index (χ2v) is 6.92. The monoisotopic (exact) mass is 359 g/mol. The summed E-state index contributed by atoms with van der Waals surface area (Å²) in [6.45, 7) is 4.36. The maximum absolute atomic E-state index is 6.22. The fraction of sp³-hybridized carbons (Fsp3) is 0.429. The molecule has 3 aliphatic heterocycles. The molecule has 0 radical (unpaired) electrons. The molecule has 5 rings (SSSR count). The van der Waals surface area contributed by atoms with Gasteiger partial charge in [-0.2, -0.15) is 0 Å². The van der Waals surface area contributed by atoms with Crippen LogP contribution in [0, 0.1) is 5.92 Å². The average molecular weight is 360 g/mol. The molecule has 3 aliphatic rings.